The summed E-state index contributed by atoms with van der Waals surface area (Å²) in [6.45, 7) is 0. The Hall–Kier alpha value is -6.78. The molecule has 4 heteroatoms. The molecule has 0 amide bonds. The average molecular weight is 640 g/mol. The molecular formula is C46H29N3O. The van der Waals surface area contributed by atoms with Crippen LogP contribution in [-0.4, -0.2) is 14.5 Å². The normalized spacial score (nSPS) is 11.6. The zero-order chi connectivity index (χ0) is 33.0. The molecule has 3 aromatic heterocycles. The molecule has 0 atom stereocenters. The second kappa shape index (κ2) is 11.4. The van der Waals surface area contributed by atoms with Crippen LogP contribution in [0.4, 0.5) is 0 Å². The third kappa shape index (κ3) is 4.61. The maximum atomic E-state index is 6.23. The molecule has 0 spiro atoms. The molecule has 0 unspecified atom stereocenters. The summed E-state index contributed by atoms with van der Waals surface area (Å²) in [6.07, 6.45) is 0. The molecule has 0 fully saturated rings. The molecule has 3 heterocycles. The van der Waals surface area contributed by atoms with Gasteiger partial charge < -0.3 is 8.98 Å². The van der Waals surface area contributed by atoms with Crippen molar-refractivity contribution in [2.75, 3.05) is 0 Å². The second-order valence-electron chi connectivity index (χ2n) is 12.6. The highest BCUT2D eigenvalue weighted by atomic mass is 16.3. The molecule has 0 aliphatic rings. The molecule has 0 aliphatic carbocycles. The standard InChI is InChI=1S/C46H29N3O/c1-2-13-30(14-3-1)46-47-39(33-16-12-15-31(27-33)32-25-26-37-36-19-7-11-24-44(36)50-45(37)28-32)29-40(48-46)38-20-6-10-23-43(38)49-41-21-8-4-17-34(41)35-18-5-9-22-42(35)49/h1-29H. The van der Waals surface area contributed by atoms with E-state index in [0.717, 1.165) is 77.9 Å². The van der Waals surface area contributed by atoms with Crippen molar-refractivity contribution in [1.29, 1.82) is 0 Å². The van der Waals surface area contributed by atoms with Gasteiger partial charge in [0.25, 0.3) is 0 Å². The number of hydrogen-bond acceptors (Lipinski definition) is 3. The lowest BCUT2D eigenvalue weighted by Crippen LogP contribution is -2.00. The minimum Gasteiger partial charge on any atom is -0.456 e. The zero-order valence-corrected chi connectivity index (χ0v) is 27.0. The smallest absolute Gasteiger partial charge is 0.160 e. The minimum absolute atomic E-state index is 0.684. The first-order valence-corrected chi connectivity index (χ1v) is 16.8. The van der Waals surface area contributed by atoms with Crippen LogP contribution in [0.15, 0.2) is 180 Å². The van der Waals surface area contributed by atoms with Gasteiger partial charge in [-0.15, -0.1) is 0 Å². The largest absolute Gasteiger partial charge is 0.456 e. The van der Waals surface area contributed by atoms with Gasteiger partial charge in [0.2, 0.25) is 0 Å². The quantitative estimate of drug-likeness (QED) is 0.188. The molecule has 0 saturated heterocycles. The van der Waals surface area contributed by atoms with Gasteiger partial charge in [-0.1, -0.05) is 127 Å². The van der Waals surface area contributed by atoms with Crippen molar-refractivity contribution in [3.8, 4) is 50.7 Å². The first-order chi connectivity index (χ1) is 24.8. The summed E-state index contributed by atoms with van der Waals surface area (Å²) in [6, 6.07) is 61.4. The van der Waals surface area contributed by atoms with Crippen LogP contribution in [0.25, 0.3) is 94.5 Å². The van der Waals surface area contributed by atoms with Gasteiger partial charge in [0.05, 0.1) is 28.1 Å². The highest BCUT2D eigenvalue weighted by Gasteiger charge is 2.18. The number of para-hydroxylation sites is 4. The molecule has 10 rings (SSSR count). The predicted octanol–water partition coefficient (Wildman–Crippen LogP) is 12.1. The maximum absolute atomic E-state index is 6.23. The maximum Gasteiger partial charge on any atom is 0.160 e. The molecule has 0 aliphatic heterocycles. The molecule has 10 aromatic rings. The molecule has 0 N–H and O–H groups in total. The Morgan fingerprint density at radius 1 is 0.380 bits per heavy atom. The summed E-state index contributed by atoms with van der Waals surface area (Å²) in [5, 5.41) is 4.70. The van der Waals surface area contributed by atoms with E-state index in [1.54, 1.807) is 0 Å². The third-order valence-corrected chi connectivity index (χ3v) is 9.63. The summed E-state index contributed by atoms with van der Waals surface area (Å²) in [5.74, 6) is 0.684. The van der Waals surface area contributed by atoms with E-state index in [-0.39, 0.29) is 0 Å². The first kappa shape index (κ1) is 28.3. The molecule has 234 valence electrons. The highest BCUT2D eigenvalue weighted by Crippen LogP contribution is 2.38. The van der Waals surface area contributed by atoms with Crippen LogP contribution >= 0.6 is 0 Å². The Labute approximate surface area is 288 Å². The topological polar surface area (TPSA) is 43.9 Å². The lowest BCUT2D eigenvalue weighted by molar-refractivity contribution is 0.669. The summed E-state index contributed by atoms with van der Waals surface area (Å²) < 4.78 is 8.59. The number of rotatable bonds is 5. The molecule has 0 bridgehead atoms. The Morgan fingerprint density at radius 2 is 0.980 bits per heavy atom. The summed E-state index contributed by atoms with van der Waals surface area (Å²) in [4.78, 5) is 10.4. The van der Waals surface area contributed by atoms with Crippen molar-refractivity contribution in [1.82, 2.24) is 14.5 Å². The molecule has 4 nitrogen and oxygen atoms in total. The van der Waals surface area contributed by atoms with Gasteiger partial charge in [-0.2, -0.15) is 0 Å². The zero-order valence-electron chi connectivity index (χ0n) is 27.0. The number of furan rings is 1. The number of fused-ring (bicyclic) bond motifs is 6. The van der Waals surface area contributed by atoms with Gasteiger partial charge in [-0.05, 0) is 59.7 Å². The molecule has 0 radical (unpaired) electrons. The first-order valence-electron chi connectivity index (χ1n) is 16.8. The fourth-order valence-corrected chi connectivity index (χ4v) is 7.28. The van der Waals surface area contributed by atoms with Gasteiger partial charge in [0.1, 0.15) is 11.2 Å². The van der Waals surface area contributed by atoms with E-state index < -0.39 is 0 Å². The fourth-order valence-electron chi connectivity index (χ4n) is 7.28. The van der Waals surface area contributed by atoms with Gasteiger partial charge in [0.15, 0.2) is 5.82 Å². The second-order valence-corrected chi connectivity index (χ2v) is 12.6. The lowest BCUT2D eigenvalue weighted by atomic mass is 9.99. The van der Waals surface area contributed by atoms with E-state index in [4.69, 9.17) is 14.4 Å². The Kier molecular flexibility index (Phi) is 6.46. The Morgan fingerprint density at radius 3 is 1.80 bits per heavy atom. The van der Waals surface area contributed by atoms with Crippen LogP contribution < -0.4 is 0 Å². The van der Waals surface area contributed by atoms with Crippen molar-refractivity contribution in [2.45, 2.75) is 0 Å². The Balaban J connectivity index is 1.15. The van der Waals surface area contributed by atoms with Gasteiger partial charge in [-0.25, -0.2) is 9.97 Å². The van der Waals surface area contributed by atoms with E-state index in [9.17, 15) is 0 Å². The SMILES string of the molecule is c1ccc(-c2nc(-c3cccc(-c4ccc5c(c4)oc4ccccc45)c3)cc(-c3ccccc3-n3c4ccccc4c4ccccc43)n2)cc1. The molecule has 7 aromatic carbocycles. The van der Waals surface area contributed by atoms with Crippen LogP contribution in [0.1, 0.15) is 0 Å². The van der Waals surface area contributed by atoms with Crippen LogP contribution in [0.3, 0.4) is 0 Å². The van der Waals surface area contributed by atoms with E-state index in [1.165, 1.54) is 10.8 Å². The third-order valence-electron chi connectivity index (χ3n) is 9.63. The summed E-state index contributed by atoms with van der Waals surface area (Å²) in [5.41, 5.74) is 12.1. The van der Waals surface area contributed by atoms with E-state index in [0.29, 0.717) is 5.82 Å². The predicted molar refractivity (Wildman–Crippen MR) is 205 cm³/mol. The van der Waals surface area contributed by atoms with Crippen LogP contribution in [0, 0.1) is 0 Å². The van der Waals surface area contributed by atoms with Crippen molar-refractivity contribution in [3.05, 3.63) is 176 Å². The lowest BCUT2D eigenvalue weighted by Gasteiger charge is -2.15. The van der Waals surface area contributed by atoms with Crippen molar-refractivity contribution < 1.29 is 4.42 Å². The number of nitrogens with zero attached hydrogens (tertiary/aromatic N) is 3. The van der Waals surface area contributed by atoms with E-state index in [2.05, 4.69) is 150 Å². The minimum atomic E-state index is 0.684. The molecule has 0 saturated carbocycles. The van der Waals surface area contributed by atoms with E-state index >= 15 is 0 Å². The van der Waals surface area contributed by atoms with Crippen LogP contribution in [0.2, 0.25) is 0 Å². The van der Waals surface area contributed by atoms with Crippen LogP contribution in [0.5, 0.6) is 0 Å². The molecule has 50 heavy (non-hydrogen) atoms. The van der Waals surface area contributed by atoms with Crippen molar-refractivity contribution >= 4 is 43.7 Å². The van der Waals surface area contributed by atoms with Crippen LogP contribution in [-0.2, 0) is 0 Å². The van der Waals surface area contributed by atoms with Gasteiger partial charge in [0, 0.05) is 38.2 Å². The van der Waals surface area contributed by atoms with Crippen molar-refractivity contribution in [3.63, 3.8) is 0 Å². The fraction of sp³-hybridized carbons (Fsp3) is 0. The summed E-state index contributed by atoms with van der Waals surface area (Å²) >= 11 is 0. The van der Waals surface area contributed by atoms with E-state index in [1.807, 2.05) is 30.3 Å². The Bertz CT molecular complexity index is 2830. The number of benzene rings is 7. The monoisotopic (exact) mass is 639 g/mol. The van der Waals surface area contributed by atoms with Gasteiger partial charge in [-0.3, -0.25) is 0 Å². The number of hydrogen-bond donors (Lipinski definition) is 0. The number of aromatic nitrogens is 3. The molecular weight excluding hydrogens is 611 g/mol. The highest BCUT2D eigenvalue weighted by molar-refractivity contribution is 6.10. The van der Waals surface area contributed by atoms with Crippen molar-refractivity contribution in [2.24, 2.45) is 0 Å². The van der Waals surface area contributed by atoms with Gasteiger partial charge >= 0.3 is 0 Å². The summed E-state index contributed by atoms with van der Waals surface area (Å²) in [7, 11) is 0. The average Bonchev–Trinajstić information content (AvgIpc) is 3.73.